The Hall–Kier alpha value is -2.41. The first-order chi connectivity index (χ1) is 9.56. The molecule has 0 fully saturated rings. The molecule has 0 saturated heterocycles. The van der Waals surface area contributed by atoms with Crippen molar-refractivity contribution in [2.24, 2.45) is 0 Å². The molecule has 7 heteroatoms. The van der Waals surface area contributed by atoms with Gasteiger partial charge in [0.15, 0.2) is 0 Å². The van der Waals surface area contributed by atoms with Crippen LogP contribution in [0, 0.1) is 0 Å². The van der Waals surface area contributed by atoms with Crippen LogP contribution in [0.5, 0.6) is 0 Å². The zero-order valence-corrected chi connectivity index (χ0v) is 11.5. The first-order valence-corrected chi connectivity index (χ1v) is 6.74. The highest BCUT2D eigenvalue weighted by Crippen LogP contribution is 2.18. The molecular weight excluding hydrogens is 278 g/mol. The molecule has 0 aromatic carbocycles. The Morgan fingerprint density at radius 3 is 2.70 bits per heavy atom. The number of hydrogen-bond donors (Lipinski definition) is 3. The summed E-state index contributed by atoms with van der Waals surface area (Å²) in [6, 6.07) is 6.23. The number of carboxylic acid groups (broad SMARTS) is 1. The van der Waals surface area contributed by atoms with E-state index in [2.05, 4.69) is 15.6 Å². The molecule has 104 valence electrons. The van der Waals surface area contributed by atoms with Crippen molar-refractivity contribution in [2.45, 2.75) is 13.0 Å². The summed E-state index contributed by atoms with van der Waals surface area (Å²) in [6.45, 7) is 1.89. The van der Waals surface area contributed by atoms with Crippen LogP contribution in [0.1, 0.15) is 28.3 Å². The third kappa shape index (κ3) is 3.55. The molecule has 0 aliphatic heterocycles. The van der Waals surface area contributed by atoms with Gasteiger partial charge in [0.1, 0.15) is 5.69 Å². The van der Waals surface area contributed by atoms with E-state index in [1.165, 1.54) is 18.3 Å². The summed E-state index contributed by atoms with van der Waals surface area (Å²) in [5, 5.41) is 16.1. The van der Waals surface area contributed by atoms with Gasteiger partial charge < -0.3 is 15.7 Å². The van der Waals surface area contributed by atoms with Crippen molar-refractivity contribution in [1.82, 2.24) is 10.3 Å². The third-order valence-corrected chi connectivity index (χ3v) is 3.61. The van der Waals surface area contributed by atoms with Crippen molar-refractivity contribution in [3.05, 3.63) is 46.4 Å². The highest BCUT2D eigenvalue weighted by Gasteiger charge is 2.11. The third-order valence-electron chi connectivity index (χ3n) is 2.56. The van der Waals surface area contributed by atoms with Crippen molar-refractivity contribution in [1.29, 1.82) is 0 Å². The Balaban J connectivity index is 1.92. The molecule has 2 amide bonds. The van der Waals surface area contributed by atoms with Gasteiger partial charge in [0.05, 0.1) is 17.9 Å². The molecule has 2 rings (SSSR count). The van der Waals surface area contributed by atoms with Crippen LogP contribution in [0.25, 0.3) is 0 Å². The predicted molar refractivity (Wildman–Crippen MR) is 76.1 cm³/mol. The molecule has 2 aromatic rings. The number of hydrogen-bond acceptors (Lipinski definition) is 4. The minimum atomic E-state index is -1.10. The summed E-state index contributed by atoms with van der Waals surface area (Å²) in [5.74, 6) is -1.10. The molecule has 20 heavy (non-hydrogen) atoms. The van der Waals surface area contributed by atoms with Crippen molar-refractivity contribution < 1.29 is 14.7 Å². The number of carboxylic acids is 1. The van der Waals surface area contributed by atoms with E-state index >= 15 is 0 Å². The van der Waals surface area contributed by atoms with Gasteiger partial charge in [-0.1, -0.05) is 6.07 Å². The van der Waals surface area contributed by atoms with Gasteiger partial charge >= 0.3 is 12.0 Å². The van der Waals surface area contributed by atoms with E-state index in [4.69, 9.17) is 5.11 Å². The van der Waals surface area contributed by atoms with Gasteiger partial charge in [0, 0.05) is 4.88 Å². The Labute approximate surface area is 119 Å². The highest BCUT2D eigenvalue weighted by molar-refractivity contribution is 7.10. The second-order valence-electron chi connectivity index (χ2n) is 4.07. The van der Waals surface area contributed by atoms with E-state index in [1.807, 2.05) is 24.4 Å². The maximum Gasteiger partial charge on any atom is 0.354 e. The smallest absolute Gasteiger partial charge is 0.354 e. The van der Waals surface area contributed by atoms with Gasteiger partial charge in [-0.3, -0.25) is 0 Å². The topological polar surface area (TPSA) is 91.3 Å². The SMILES string of the molecule is CC(NC(=O)Nc1ccc(C(=O)O)nc1)c1cccs1. The van der Waals surface area contributed by atoms with Crippen LogP contribution in [-0.2, 0) is 0 Å². The molecule has 0 radical (unpaired) electrons. The van der Waals surface area contributed by atoms with Crippen LogP contribution in [0.3, 0.4) is 0 Å². The number of amides is 2. The van der Waals surface area contributed by atoms with E-state index in [-0.39, 0.29) is 17.8 Å². The average molecular weight is 291 g/mol. The number of nitrogens with zero attached hydrogens (tertiary/aromatic N) is 1. The minimum absolute atomic E-state index is 0.0667. The first kappa shape index (κ1) is 14.0. The number of carbonyl (C=O) groups is 2. The van der Waals surface area contributed by atoms with Crippen molar-refractivity contribution in [3.63, 3.8) is 0 Å². The fraction of sp³-hybridized carbons (Fsp3) is 0.154. The Morgan fingerprint density at radius 1 is 1.35 bits per heavy atom. The van der Waals surface area contributed by atoms with Gasteiger partial charge in [-0.25, -0.2) is 14.6 Å². The fourth-order valence-corrected chi connectivity index (χ4v) is 2.30. The molecular formula is C13H13N3O3S. The van der Waals surface area contributed by atoms with E-state index in [0.717, 1.165) is 4.88 Å². The summed E-state index contributed by atoms with van der Waals surface area (Å²) < 4.78 is 0. The summed E-state index contributed by atoms with van der Waals surface area (Å²) >= 11 is 1.56. The molecule has 0 bridgehead atoms. The lowest BCUT2D eigenvalue weighted by Gasteiger charge is -2.13. The number of nitrogens with one attached hydrogen (secondary N) is 2. The van der Waals surface area contributed by atoms with Gasteiger partial charge in [0.25, 0.3) is 0 Å². The maximum atomic E-state index is 11.8. The Bertz CT molecular complexity index is 596. The quantitative estimate of drug-likeness (QED) is 0.807. The average Bonchev–Trinajstić information content (AvgIpc) is 2.93. The number of carbonyl (C=O) groups excluding carboxylic acids is 1. The summed E-state index contributed by atoms with van der Waals surface area (Å²) in [5.41, 5.74) is 0.369. The lowest BCUT2D eigenvalue weighted by atomic mass is 10.3. The van der Waals surface area contributed by atoms with Crippen LogP contribution < -0.4 is 10.6 Å². The van der Waals surface area contributed by atoms with E-state index < -0.39 is 5.97 Å². The second-order valence-corrected chi connectivity index (χ2v) is 5.05. The van der Waals surface area contributed by atoms with Crippen LogP contribution in [-0.4, -0.2) is 22.1 Å². The van der Waals surface area contributed by atoms with Gasteiger partial charge in [-0.05, 0) is 30.5 Å². The molecule has 0 saturated carbocycles. The fourth-order valence-electron chi connectivity index (χ4n) is 1.57. The van der Waals surface area contributed by atoms with Gasteiger partial charge in [-0.15, -0.1) is 11.3 Å². The lowest BCUT2D eigenvalue weighted by Crippen LogP contribution is -2.30. The van der Waals surface area contributed by atoms with E-state index in [1.54, 1.807) is 11.3 Å². The van der Waals surface area contributed by atoms with Crippen molar-refractivity contribution >= 4 is 29.0 Å². The van der Waals surface area contributed by atoms with Crippen LogP contribution >= 0.6 is 11.3 Å². The zero-order valence-electron chi connectivity index (χ0n) is 10.7. The van der Waals surface area contributed by atoms with E-state index in [9.17, 15) is 9.59 Å². The highest BCUT2D eigenvalue weighted by atomic mass is 32.1. The monoisotopic (exact) mass is 291 g/mol. The number of aromatic nitrogens is 1. The summed E-state index contributed by atoms with van der Waals surface area (Å²) in [7, 11) is 0. The number of thiophene rings is 1. The summed E-state index contributed by atoms with van der Waals surface area (Å²) in [6.07, 6.45) is 1.30. The predicted octanol–water partition coefficient (Wildman–Crippen LogP) is 2.72. The molecule has 2 aromatic heterocycles. The number of aromatic carboxylic acids is 1. The molecule has 0 aliphatic rings. The van der Waals surface area contributed by atoms with Crippen LogP contribution in [0.2, 0.25) is 0 Å². The van der Waals surface area contributed by atoms with Crippen LogP contribution in [0.4, 0.5) is 10.5 Å². The molecule has 1 atom stereocenters. The van der Waals surface area contributed by atoms with Crippen LogP contribution in [0.15, 0.2) is 35.8 Å². The van der Waals surface area contributed by atoms with Gasteiger partial charge in [0.2, 0.25) is 0 Å². The number of pyridine rings is 1. The molecule has 0 aliphatic carbocycles. The number of rotatable bonds is 4. The molecule has 0 spiro atoms. The van der Waals surface area contributed by atoms with Crippen molar-refractivity contribution in [2.75, 3.05) is 5.32 Å². The minimum Gasteiger partial charge on any atom is -0.477 e. The standard InChI is InChI=1S/C13H13N3O3S/c1-8(11-3-2-6-20-11)15-13(19)16-9-4-5-10(12(17)18)14-7-9/h2-8H,1H3,(H,17,18)(H2,15,16,19). The molecule has 2 heterocycles. The molecule has 1 unspecified atom stereocenters. The second kappa shape index (κ2) is 6.16. The van der Waals surface area contributed by atoms with Crippen molar-refractivity contribution in [3.8, 4) is 0 Å². The summed E-state index contributed by atoms with van der Waals surface area (Å²) in [4.78, 5) is 27.2. The number of anilines is 1. The molecule has 3 N–H and O–H groups in total. The maximum absolute atomic E-state index is 11.8. The first-order valence-electron chi connectivity index (χ1n) is 5.86. The molecule has 6 nitrogen and oxygen atoms in total. The zero-order chi connectivity index (χ0) is 14.5. The Kier molecular flexibility index (Phi) is 4.31. The number of urea groups is 1. The Morgan fingerprint density at radius 2 is 2.15 bits per heavy atom. The van der Waals surface area contributed by atoms with E-state index in [0.29, 0.717) is 5.69 Å². The normalized spacial score (nSPS) is 11.7. The van der Waals surface area contributed by atoms with Gasteiger partial charge in [-0.2, -0.15) is 0 Å². The largest absolute Gasteiger partial charge is 0.477 e. The lowest BCUT2D eigenvalue weighted by molar-refractivity contribution is 0.0690.